The number of ether oxygens (including phenoxy) is 1. The number of carbonyl (C=O) groups excluding carboxylic acids is 2. The molecular formula is C19H22ClN3O3S2. The Labute approximate surface area is 178 Å². The van der Waals surface area contributed by atoms with Crippen LogP contribution >= 0.6 is 35.1 Å². The van der Waals surface area contributed by atoms with Crippen molar-refractivity contribution in [3.05, 3.63) is 52.3 Å². The van der Waals surface area contributed by atoms with Crippen molar-refractivity contribution < 1.29 is 14.3 Å². The number of hydrogen-bond acceptors (Lipinski definition) is 7. The third-order valence-electron chi connectivity index (χ3n) is 3.83. The summed E-state index contributed by atoms with van der Waals surface area (Å²) in [6.07, 6.45) is 3.78. The second-order valence-corrected chi connectivity index (χ2v) is 8.29. The third-order valence-corrected chi connectivity index (χ3v) is 5.68. The summed E-state index contributed by atoms with van der Waals surface area (Å²) in [5, 5.41) is 3.23. The number of nitrogens with one attached hydrogen (secondary N) is 1. The van der Waals surface area contributed by atoms with Gasteiger partial charge in [-0.25, -0.2) is 14.8 Å². The molecule has 9 heteroatoms. The zero-order chi connectivity index (χ0) is 20.5. The molecule has 6 nitrogen and oxygen atoms in total. The summed E-state index contributed by atoms with van der Waals surface area (Å²) in [7, 11) is 1.29. The maximum atomic E-state index is 12.6. The lowest BCUT2D eigenvalue weighted by Crippen LogP contribution is -2.42. The van der Waals surface area contributed by atoms with Crippen molar-refractivity contribution in [2.75, 3.05) is 19.1 Å². The Kier molecular flexibility index (Phi) is 9.08. The van der Waals surface area contributed by atoms with Crippen LogP contribution in [-0.4, -0.2) is 47.0 Å². The first-order valence-corrected chi connectivity index (χ1v) is 11.3. The summed E-state index contributed by atoms with van der Waals surface area (Å²) in [5.74, 6) is 0.346. The molecule has 1 heterocycles. The van der Waals surface area contributed by atoms with Gasteiger partial charge in [0.15, 0.2) is 10.9 Å². The molecule has 150 valence electrons. The Morgan fingerprint density at radius 1 is 1.29 bits per heavy atom. The van der Waals surface area contributed by atoms with Crippen molar-refractivity contribution in [2.24, 2.45) is 0 Å². The number of thioether (sulfide) groups is 2. The van der Waals surface area contributed by atoms with Crippen molar-refractivity contribution in [1.82, 2.24) is 15.3 Å². The molecule has 0 aliphatic rings. The van der Waals surface area contributed by atoms with E-state index in [4.69, 9.17) is 16.3 Å². The van der Waals surface area contributed by atoms with Crippen LogP contribution in [0, 0.1) is 6.92 Å². The molecule has 0 radical (unpaired) electrons. The number of halogens is 1. The fraction of sp³-hybridized carbons (Fsp3) is 0.368. The van der Waals surface area contributed by atoms with Gasteiger partial charge in [-0.1, -0.05) is 53.2 Å². The lowest BCUT2D eigenvalue weighted by atomic mass is 10.2. The predicted molar refractivity (Wildman–Crippen MR) is 114 cm³/mol. The number of aromatic nitrogens is 2. The average molecular weight is 440 g/mol. The molecule has 1 N–H and O–H groups in total. The first kappa shape index (κ1) is 22.5. The Morgan fingerprint density at radius 3 is 2.64 bits per heavy atom. The van der Waals surface area contributed by atoms with E-state index in [0.29, 0.717) is 23.1 Å². The Bertz CT molecular complexity index is 819. The van der Waals surface area contributed by atoms with Crippen molar-refractivity contribution in [3.8, 4) is 0 Å². The SMILES string of the molecule is COC(=O)[C@@H](CCSC)NC(=O)c1nc(SCc2ccc(C)cc2)ncc1Cl. The smallest absolute Gasteiger partial charge is 0.328 e. The quantitative estimate of drug-likeness (QED) is 0.362. The monoisotopic (exact) mass is 439 g/mol. The van der Waals surface area contributed by atoms with E-state index < -0.39 is 17.9 Å². The zero-order valence-corrected chi connectivity index (χ0v) is 18.3. The fourth-order valence-corrected chi connectivity index (χ4v) is 3.68. The van der Waals surface area contributed by atoms with Crippen LogP contribution in [0.15, 0.2) is 35.6 Å². The highest BCUT2D eigenvalue weighted by Gasteiger charge is 2.24. The minimum atomic E-state index is -0.750. The number of esters is 1. The first-order chi connectivity index (χ1) is 13.4. The van der Waals surface area contributed by atoms with Crippen LogP contribution in [0.1, 0.15) is 28.0 Å². The number of carbonyl (C=O) groups is 2. The van der Waals surface area contributed by atoms with Crippen LogP contribution in [0.3, 0.4) is 0 Å². The topological polar surface area (TPSA) is 81.2 Å². The van der Waals surface area contributed by atoms with E-state index in [1.807, 2.05) is 37.4 Å². The largest absolute Gasteiger partial charge is 0.467 e. The molecule has 2 rings (SSSR count). The van der Waals surface area contributed by atoms with Gasteiger partial charge >= 0.3 is 5.97 Å². The van der Waals surface area contributed by atoms with Gasteiger partial charge in [-0.3, -0.25) is 4.79 Å². The highest BCUT2D eigenvalue weighted by Crippen LogP contribution is 2.22. The van der Waals surface area contributed by atoms with E-state index >= 15 is 0 Å². The normalized spacial score (nSPS) is 11.7. The lowest BCUT2D eigenvalue weighted by molar-refractivity contribution is -0.142. The van der Waals surface area contributed by atoms with Gasteiger partial charge in [-0.2, -0.15) is 11.8 Å². The van der Waals surface area contributed by atoms with Crippen LogP contribution in [0.25, 0.3) is 0 Å². The molecule has 0 fully saturated rings. The highest BCUT2D eigenvalue weighted by atomic mass is 35.5. The number of aryl methyl sites for hydroxylation is 1. The van der Waals surface area contributed by atoms with Crippen LogP contribution in [0.5, 0.6) is 0 Å². The molecule has 1 amide bonds. The lowest BCUT2D eigenvalue weighted by Gasteiger charge is -2.16. The Balaban J connectivity index is 2.08. The number of hydrogen-bond donors (Lipinski definition) is 1. The summed E-state index contributed by atoms with van der Waals surface area (Å²) in [4.78, 5) is 33.0. The first-order valence-electron chi connectivity index (χ1n) is 8.53. The van der Waals surface area contributed by atoms with Gasteiger partial charge in [0.05, 0.1) is 18.3 Å². The third kappa shape index (κ3) is 6.68. The molecule has 1 aromatic carbocycles. The Morgan fingerprint density at radius 2 is 2.00 bits per heavy atom. The number of benzene rings is 1. The summed E-state index contributed by atoms with van der Waals surface area (Å²) < 4.78 is 4.76. The molecule has 1 aromatic heterocycles. The van der Waals surface area contributed by atoms with Gasteiger partial charge < -0.3 is 10.1 Å². The Hall–Kier alpha value is -1.77. The molecular weight excluding hydrogens is 418 g/mol. The van der Waals surface area contributed by atoms with Crippen molar-refractivity contribution in [3.63, 3.8) is 0 Å². The standard InChI is InChI=1S/C19H22ClN3O3S2/c1-12-4-6-13(7-5-12)11-28-19-21-10-14(20)16(23-19)17(24)22-15(8-9-27-3)18(25)26-2/h4-7,10,15H,8-9,11H2,1-3H3,(H,22,24)/t15-/m1/s1. The van der Waals surface area contributed by atoms with E-state index in [1.54, 1.807) is 11.8 Å². The number of nitrogens with zero attached hydrogens (tertiary/aromatic N) is 2. The zero-order valence-electron chi connectivity index (χ0n) is 15.9. The number of methoxy groups -OCH3 is 1. The average Bonchev–Trinajstić information content (AvgIpc) is 2.70. The number of rotatable bonds is 9. The molecule has 0 saturated carbocycles. The van der Waals surface area contributed by atoms with E-state index in [9.17, 15) is 9.59 Å². The number of amides is 1. The van der Waals surface area contributed by atoms with Gasteiger partial charge in [0.2, 0.25) is 0 Å². The minimum absolute atomic E-state index is 0.0427. The van der Waals surface area contributed by atoms with E-state index in [0.717, 1.165) is 5.56 Å². The van der Waals surface area contributed by atoms with Crippen LogP contribution < -0.4 is 5.32 Å². The summed E-state index contributed by atoms with van der Waals surface area (Å²) >= 11 is 9.10. The summed E-state index contributed by atoms with van der Waals surface area (Å²) in [5.41, 5.74) is 2.36. The molecule has 0 spiro atoms. The second kappa shape index (κ2) is 11.3. The maximum absolute atomic E-state index is 12.6. The molecule has 28 heavy (non-hydrogen) atoms. The minimum Gasteiger partial charge on any atom is -0.467 e. The van der Waals surface area contributed by atoms with Gasteiger partial charge in [0.1, 0.15) is 6.04 Å². The van der Waals surface area contributed by atoms with Crippen molar-refractivity contribution in [1.29, 1.82) is 0 Å². The molecule has 0 bridgehead atoms. The molecule has 0 unspecified atom stereocenters. The molecule has 0 saturated heterocycles. The molecule has 0 aliphatic heterocycles. The van der Waals surface area contributed by atoms with Crippen molar-refractivity contribution >= 4 is 47.0 Å². The van der Waals surface area contributed by atoms with Gasteiger partial charge in [-0.15, -0.1) is 0 Å². The van der Waals surface area contributed by atoms with Gasteiger partial charge in [0, 0.05) is 5.75 Å². The van der Waals surface area contributed by atoms with E-state index in [2.05, 4.69) is 15.3 Å². The predicted octanol–water partition coefficient (Wildman–Crippen LogP) is 3.76. The van der Waals surface area contributed by atoms with Crippen LogP contribution in [-0.2, 0) is 15.3 Å². The summed E-state index contributed by atoms with van der Waals surface area (Å²) in [6.45, 7) is 2.03. The van der Waals surface area contributed by atoms with Crippen LogP contribution in [0.4, 0.5) is 0 Å². The summed E-state index contributed by atoms with van der Waals surface area (Å²) in [6, 6.07) is 7.41. The second-order valence-electron chi connectivity index (χ2n) is 5.95. The maximum Gasteiger partial charge on any atom is 0.328 e. The van der Waals surface area contributed by atoms with Gasteiger partial charge in [0.25, 0.3) is 5.91 Å². The fourth-order valence-electron chi connectivity index (χ4n) is 2.27. The van der Waals surface area contributed by atoms with Gasteiger partial charge in [-0.05, 0) is 30.9 Å². The van der Waals surface area contributed by atoms with E-state index in [-0.39, 0.29) is 10.7 Å². The molecule has 2 aromatic rings. The van der Waals surface area contributed by atoms with Crippen molar-refractivity contribution in [2.45, 2.75) is 30.3 Å². The molecule has 0 aliphatic carbocycles. The van der Waals surface area contributed by atoms with E-state index in [1.165, 1.54) is 30.6 Å². The molecule has 1 atom stereocenters. The van der Waals surface area contributed by atoms with Crippen LogP contribution in [0.2, 0.25) is 5.02 Å². The highest BCUT2D eigenvalue weighted by molar-refractivity contribution is 7.98.